The van der Waals surface area contributed by atoms with Crippen LogP contribution in [0.1, 0.15) is 25.8 Å². The second kappa shape index (κ2) is 11.9. The first kappa shape index (κ1) is 24.1. The summed E-state index contributed by atoms with van der Waals surface area (Å²) in [6.45, 7) is 7.88. The quantitative estimate of drug-likeness (QED) is 0.324. The van der Waals surface area contributed by atoms with Crippen molar-refractivity contribution in [2.75, 3.05) is 27.4 Å². The Morgan fingerprint density at radius 3 is 2.71 bits per heavy atom. The first-order valence-corrected chi connectivity index (χ1v) is 10.1. The highest BCUT2D eigenvalue weighted by Crippen LogP contribution is 2.35. The summed E-state index contributed by atoms with van der Waals surface area (Å²) in [7, 11) is 3.14. The Bertz CT molecular complexity index is 901. The van der Waals surface area contributed by atoms with Gasteiger partial charge in [-0.05, 0) is 38.3 Å². The summed E-state index contributed by atoms with van der Waals surface area (Å²) in [5, 5.41) is 0. The van der Waals surface area contributed by atoms with Gasteiger partial charge in [0.15, 0.2) is 0 Å². The molecule has 0 spiro atoms. The van der Waals surface area contributed by atoms with Crippen molar-refractivity contribution in [2.24, 2.45) is 10.9 Å². The fourth-order valence-electron chi connectivity index (χ4n) is 3.62. The van der Waals surface area contributed by atoms with E-state index < -0.39 is 11.9 Å². The number of carbonyl (C=O) groups is 2. The van der Waals surface area contributed by atoms with Gasteiger partial charge in [-0.1, -0.05) is 24.3 Å². The number of nitrogens with zero attached hydrogens (tertiary/aromatic N) is 2. The molecule has 1 aromatic carbocycles. The van der Waals surface area contributed by atoms with Crippen LogP contribution in [-0.2, 0) is 25.7 Å². The third-order valence-electron chi connectivity index (χ3n) is 5.22. The zero-order chi connectivity index (χ0) is 22.8. The summed E-state index contributed by atoms with van der Waals surface area (Å²) in [4.78, 5) is 31.4. The van der Waals surface area contributed by atoms with Crippen LogP contribution in [0, 0.1) is 5.92 Å². The van der Waals surface area contributed by atoms with E-state index in [1.165, 1.54) is 0 Å². The van der Waals surface area contributed by atoms with Crippen LogP contribution in [0.3, 0.4) is 0 Å². The van der Waals surface area contributed by atoms with Crippen molar-refractivity contribution in [1.82, 2.24) is 4.90 Å². The molecule has 31 heavy (non-hydrogen) atoms. The number of methoxy groups -OCH3 is 2. The molecule has 1 aromatic rings. The molecule has 1 aliphatic rings. The van der Waals surface area contributed by atoms with E-state index in [0.717, 1.165) is 11.1 Å². The standard InChI is InChI=1S/C24H30N2O5/c1-6-18(11-12-25-3)20-15-22(27)26(13-14-29-4)17(2)23(20)24(28)31-16-19-9-7-8-10-21(19)30-5/h6-12,20H,3,13-16H2,1-2,4-5H3/b12-11-,18-6+. The van der Waals surface area contributed by atoms with E-state index in [0.29, 0.717) is 30.2 Å². The fraction of sp³-hybridized carbons (Fsp3) is 0.375. The van der Waals surface area contributed by atoms with Gasteiger partial charge in [0.05, 0.1) is 19.3 Å². The third kappa shape index (κ3) is 5.92. The van der Waals surface area contributed by atoms with Crippen molar-refractivity contribution < 1.29 is 23.8 Å². The number of hydrogen-bond acceptors (Lipinski definition) is 6. The first-order chi connectivity index (χ1) is 15.0. The largest absolute Gasteiger partial charge is 0.496 e. The molecule has 1 atom stereocenters. The minimum Gasteiger partial charge on any atom is -0.496 e. The van der Waals surface area contributed by atoms with E-state index in [4.69, 9.17) is 14.2 Å². The maximum atomic E-state index is 13.2. The van der Waals surface area contributed by atoms with E-state index >= 15 is 0 Å². The third-order valence-corrected chi connectivity index (χ3v) is 5.22. The Hall–Kier alpha value is -3.19. The van der Waals surface area contributed by atoms with Crippen LogP contribution in [0.4, 0.5) is 0 Å². The maximum absolute atomic E-state index is 13.2. The predicted molar refractivity (Wildman–Crippen MR) is 120 cm³/mol. The van der Waals surface area contributed by atoms with Crippen molar-refractivity contribution in [3.63, 3.8) is 0 Å². The van der Waals surface area contributed by atoms with Crippen LogP contribution in [0.5, 0.6) is 5.75 Å². The Labute approximate surface area is 183 Å². The molecule has 1 aliphatic heterocycles. The molecule has 0 aliphatic carbocycles. The second-order valence-corrected chi connectivity index (χ2v) is 6.97. The molecular weight excluding hydrogens is 396 g/mol. The van der Waals surface area contributed by atoms with Gasteiger partial charge in [-0.2, -0.15) is 0 Å². The Morgan fingerprint density at radius 1 is 1.32 bits per heavy atom. The number of allylic oxidation sites excluding steroid dienone is 4. The van der Waals surface area contributed by atoms with Crippen LogP contribution in [0.25, 0.3) is 0 Å². The van der Waals surface area contributed by atoms with Gasteiger partial charge in [0.2, 0.25) is 5.91 Å². The molecule has 0 bridgehead atoms. The minimum absolute atomic E-state index is 0.0631. The molecule has 0 radical (unpaired) electrons. The zero-order valence-electron chi connectivity index (χ0n) is 18.6. The molecule has 166 valence electrons. The lowest BCUT2D eigenvalue weighted by Gasteiger charge is -2.34. The van der Waals surface area contributed by atoms with E-state index in [2.05, 4.69) is 11.7 Å². The molecule has 1 heterocycles. The van der Waals surface area contributed by atoms with Crippen molar-refractivity contribution in [3.8, 4) is 5.75 Å². The average Bonchev–Trinajstić information content (AvgIpc) is 2.78. The van der Waals surface area contributed by atoms with Crippen molar-refractivity contribution >= 4 is 18.6 Å². The first-order valence-electron chi connectivity index (χ1n) is 10.1. The van der Waals surface area contributed by atoms with Crippen LogP contribution in [0.15, 0.2) is 64.5 Å². The molecule has 0 saturated heterocycles. The van der Waals surface area contributed by atoms with Gasteiger partial charge in [-0.25, -0.2) is 4.79 Å². The molecule has 7 heteroatoms. The Balaban J connectivity index is 2.39. The monoisotopic (exact) mass is 426 g/mol. The van der Waals surface area contributed by atoms with Crippen LogP contribution in [-0.4, -0.2) is 50.9 Å². The number of ether oxygens (including phenoxy) is 3. The van der Waals surface area contributed by atoms with Gasteiger partial charge in [-0.3, -0.25) is 9.79 Å². The highest BCUT2D eigenvalue weighted by atomic mass is 16.5. The summed E-state index contributed by atoms with van der Waals surface area (Å²) >= 11 is 0. The van der Waals surface area contributed by atoms with E-state index in [1.54, 1.807) is 38.3 Å². The van der Waals surface area contributed by atoms with Crippen LogP contribution < -0.4 is 4.74 Å². The summed E-state index contributed by atoms with van der Waals surface area (Å²) in [6, 6.07) is 7.37. The number of para-hydroxylation sites is 1. The lowest BCUT2D eigenvalue weighted by atomic mass is 9.83. The Morgan fingerprint density at radius 2 is 2.06 bits per heavy atom. The van der Waals surface area contributed by atoms with E-state index in [9.17, 15) is 9.59 Å². The lowest BCUT2D eigenvalue weighted by Crippen LogP contribution is -2.41. The number of benzene rings is 1. The topological polar surface area (TPSA) is 77.4 Å². The number of hydrogen-bond donors (Lipinski definition) is 0. The summed E-state index contributed by atoms with van der Waals surface area (Å²) in [6.07, 6.45) is 5.33. The predicted octanol–water partition coefficient (Wildman–Crippen LogP) is 3.67. The van der Waals surface area contributed by atoms with Crippen LogP contribution >= 0.6 is 0 Å². The van der Waals surface area contributed by atoms with Gasteiger partial charge < -0.3 is 19.1 Å². The van der Waals surface area contributed by atoms with Gasteiger partial charge >= 0.3 is 5.97 Å². The molecule has 0 aromatic heterocycles. The Kier molecular flexibility index (Phi) is 9.21. The van der Waals surface area contributed by atoms with Gasteiger partial charge in [0.25, 0.3) is 0 Å². The molecule has 0 fully saturated rings. The molecule has 0 saturated carbocycles. The normalized spacial score (nSPS) is 17.3. The molecule has 0 N–H and O–H groups in total. The SMILES string of the molecule is C=N/C=C\C(=C/C)C1CC(=O)N(CCOC)C(C)=C1C(=O)OCc1ccccc1OC. The highest BCUT2D eigenvalue weighted by Gasteiger charge is 2.37. The van der Waals surface area contributed by atoms with Crippen molar-refractivity contribution in [1.29, 1.82) is 0 Å². The van der Waals surface area contributed by atoms with Gasteiger partial charge in [0.1, 0.15) is 12.4 Å². The summed E-state index contributed by atoms with van der Waals surface area (Å²) in [5.74, 6) is -0.325. The number of amides is 1. The van der Waals surface area contributed by atoms with Gasteiger partial charge in [-0.15, -0.1) is 0 Å². The number of carbonyl (C=O) groups excluding carboxylic acids is 2. The molecule has 7 nitrogen and oxygen atoms in total. The molecule has 1 amide bonds. The second-order valence-electron chi connectivity index (χ2n) is 6.97. The number of esters is 1. The zero-order valence-corrected chi connectivity index (χ0v) is 18.6. The van der Waals surface area contributed by atoms with E-state index in [1.807, 2.05) is 37.3 Å². The fourth-order valence-corrected chi connectivity index (χ4v) is 3.62. The number of aliphatic imine (C=N–C) groups is 1. The summed E-state index contributed by atoms with van der Waals surface area (Å²) < 4.78 is 16.1. The smallest absolute Gasteiger partial charge is 0.336 e. The highest BCUT2D eigenvalue weighted by molar-refractivity contribution is 5.95. The van der Waals surface area contributed by atoms with Gasteiger partial charge in [0, 0.05) is 43.5 Å². The lowest BCUT2D eigenvalue weighted by molar-refractivity contribution is -0.142. The van der Waals surface area contributed by atoms with Crippen molar-refractivity contribution in [2.45, 2.75) is 26.9 Å². The molecular formula is C24H30N2O5. The summed E-state index contributed by atoms with van der Waals surface area (Å²) in [5.41, 5.74) is 2.59. The molecule has 1 unspecified atom stereocenters. The number of rotatable bonds is 10. The molecule has 2 rings (SSSR count). The average molecular weight is 427 g/mol. The van der Waals surface area contributed by atoms with Crippen molar-refractivity contribution in [3.05, 3.63) is 65.0 Å². The van der Waals surface area contributed by atoms with E-state index in [-0.39, 0.29) is 18.9 Å². The maximum Gasteiger partial charge on any atom is 0.336 e. The van der Waals surface area contributed by atoms with Crippen LogP contribution in [0.2, 0.25) is 0 Å². The minimum atomic E-state index is -0.470.